The highest BCUT2D eigenvalue weighted by Gasteiger charge is 2.36. The molecule has 0 saturated heterocycles. The number of nitrogens with zero attached hydrogens (tertiary/aromatic N) is 1. The van der Waals surface area contributed by atoms with Crippen LogP contribution in [-0.4, -0.2) is 28.9 Å². The maximum absolute atomic E-state index is 11.6. The lowest BCUT2D eigenvalue weighted by Gasteiger charge is -2.06. The van der Waals surface area contributed by atoms with Gasteiger partial charge in [0.05, 0.1) is 16.8 Å². The highest BCUT2D eigenvalue weighted by molar-refractivity contribution is 6.23. The third kappa shape index (κ3) is 1.03. The molecule has 0 radical (unpaired) electrons. The van der Waals surface area contributed by atoms with Gasteiger partial charge in [0.2, 0.25) is 0 Å². The number of imide groups is 1. The Kier molecular flexibility index (Phi) is 1.73. The number of aryl methyl sites for hydroxylation is 1. The first-order valence-corrected chi connectivity index (χ1v) is 4.39. The van der Waals surface area contributed by atoms with Crippen molar-refractivity contribution in [2.24, 2.45) is 0 Å². The number of aromatic hydroxyl groups is 1. The van der Waals surface area contributed by atoms with Gasteiger partial charge < -0.3 is 10.8 Å². The van der Waals surface area contributed by atoms with Crippen molar-refractivity contribution in [3.8, 4) is 5.75 Å². The van der Waals surface area contributed by atoms with E-state index in [9.17, 15) is 14.7 Å². The summed E-state index contributed by atoms with van der Waals surface area (Å²) in [5.74, 6) is -1.22. The van der Waals surface area contributed by atoms with Crippen molar-refractivity contribution in [2.45, 2.75) is 6.92 Å². The molecule has 0 aliphatic carbocycles. The zero-order valence-electron chi connectivity index (χ0n) is 8.37. The van der Waals surface area contributed by atoms with Gasteiger partial charge in [0.1, 0.15) is 0 Å². The van der Waals surface area contributed by atoms with Gasteiger partial charge in [-0.25, -0.2) is 0 Å². The summed E-state index contributed by atoms with van der Waals surface area (Å²) >= 11 is 0. The maximum Gasteiger partial charge on any atom is 0.265 e. The van der Waals surface area contributed by atoms with Crippen LogP contribution in [0.1, 0.15) is 26.3 Å². The zero-order chi connectivity index (χ0) is 11.3. The van der Waals surface area contributed by atoms with Crippen molar-refractivity contribution in [2.75, 3.05) is 12.8 Å². The number of carbonyl (C=O) groups is 2. The normalized spacial score (nSPS) is 14.7. The molecule has 0 unspecified atom stereocenters. The highest BCUT2D eigenvalue weighted by atomic mass is 16.3. The molecular formula is C10H10N2O3. The first kappa shape index (κ1) is 9.51. The molecule has 1 aliphatic rings. The van der Waals surface area contributed by atoms with Crippen LogP contribution in [0.25, 0.3) is 0 Å². The number of hydrogen-bond donors (Lipinski definition) is 2. The number of amides is 2. The Labute approximate surface area is 86.1 Å². The predicted octanol–water partition coefficient (Wildman–Crippen LogP) is 0.509. The molecule has 2 rings (SSSR count). The second-order valence-electron chi connectivity index (χ2n) is 3.55. The minimum atomic E-state index is -0.515. The topological polar surface area (TPSA) is 83.6 Å². The molecule has 1 aliphatic heterocycles. The summed E-state index contributed by atoms with van der Waals surface area (Å²) < 4.78 is 0. The minimum absolute atomic E-state index is 0.00519. The second-order valence-corrected chi connectivity index (χ2v) is 3.55. The van der Waals surface area contributed by atoms with Crippen molar-refractivity contribution in [3.05, 3.63) is 22.8 Å². The van der Waals surface area contributed by atoms with Gasteiger partial charge in [-0.05, 0) is 18.6 Å². The predicted molar refractivity (Wildman–Crippen MR) is 53.7 cm³/mol. The van der Waals surface area contributed by atoms with Crippen LogP contribution in [0.3, 0.4) is 0 Å². The standard InChI is InChI=1S/C10H10N2O3/c1-4-3-5-6(8(13)7(4)11)10(15)12(2)9(5)14/h3,13H,11H2,1-2H3. The van der Waals surface area contributed by atoms with Crippen LogP contribution in [0.2, 0.25) is 0 Å². The Morgan fingerprint density at radius 1 is 1.33 bits per heavy atom. The fraction of sp³-hybridized carbons (Fsp3) is 0.200. The molecule has 1 heterocycles. The molecule has 0 aromatic heterocycles. The van der Waals surface area contributed by atoms with Crippen LogP contribution < -0.4 is 5.73 Å². The average Bonchev–Trinajstić information content (AvgIpc) is 2.40. The molecule has 0 saturated carbocycles. The summed E-state index contributed by atoms with van der Waals surface area (Å²) in [7, 11) is 1.37. The van der Waals surface area contributed by atoms with Crippen molar-refractivity contribution < 1.29 is 14.7 Å². The molecule has 1 aromatic rings. The van der Waals surface area contributed by atoms with Crippen LogP contribution in [-0.2, 0) is 0 Å². The van der Waals surface area contributed by atoms with Gasteiger partial charge in [-0.1, -0.05) is 0 Å². The van der Waals surface area contributed by atoms with Crippen molar-refractivity contribution in [1.29, 1.82) is 0 Å². The van der Waals surface area contributed by atoms with Gasteiger partial charge >= 0.3 is 0 Å². The number of anilines is 1. The number of benzene rings is 1. The lowest BCUT2D eigenvalue weighted by atomic mass is 10.0. The molecule has 5 heteroatoms. The van der Waals surface area contributed by atoms with E-state index < -0.39 is 11.8 Å². The highest BCUT2D eigenvalue weighted by Crippen LogP contribution is 2.36. The van der Waals surface area contributed by atoms with Crippen molar-refractivity contribution in [1.82, 2.24) is 4.90 Å². The number of nitrogens with two attached hydrogens (primary N) is 1. The molecule has 0 bridgehead atoms. The van der Waals surface area contributed by atoms with E-state index in [2.05, 4.69) is 0 Å². The molecule has 78 valence electrons. The van der Waals surface area contributed by atoms with Gasteiger partial charge in [0.15, 0.2) is 5.75 Å². The van der Waals surface area contributed by atoms with Crippen molar-refractivity contribution >= 4 is 17.5 Å². The summed E-state index contributed by atoms with van der Waals surface area (Å²) in [6.07, 6.45) is 0. The van der Waals surface area contributed by atoms with Gasteiger partial charge in [-0.3, -0.25) is 14.5 Å². The van der Waals surface area contributed by atoms with Crippen molar-refractivity contribution in [3.63, 3.8) is 0 Å². The van der Waals surface area contributed by atoms with Gasteiger partial charge in [0.25, 0.3) is 11.8 Å². The van der Waals surface area contributed by atoms with Crippen LogP contribution in [0.5, 0.6) is 5.75 Å². The third-order valence-corrected chi connectivity index (χ3v) is 2.60. The second kappa shape index (κ2) is 2.73. The fourth-order valence-corrected chi connectivity index (χ4v) is 1.64. The Hall–Kier alpha value is -2.04. The summed E-state index contributed by atoms with van der Waals surface area (Å²) in [5.41, 5.74) is 6.53. The van der Waals surface area contributed by atoms with Crippen LogP contribution >= 0.6 is 0 Å². The largest absolute Gasteiger partial charge is 0.505 e. The van der Waals surface area contributed by atoms with E-state index in [1.54, 1.807) is 6.92 Å². The van der Waals surface area contributed by atoms with Crippen LogP contribution in [0.15, 0.2) is 6.07 Å². The average molecular weight is 206 g/mol. The SMILES string of the molecule is Cc1cc2c(c(O)c1N)C(=O)N(C)C2=O. The van der Waals surface area contributed by atoms with E-state index in [4.69, 9.17) is 5.73 Å². The third-order valence-electron chi connectivity index (χ3n) is 2.60. The summed E-state index contributed by atoms with van der Waals surface area (Å²) in [4.78, 5) is 24.1. The number of fused-ring (bicyclic) bond motifs is 1. The van der Waals surface area contributed by atoms with Gasteiger partial charge in [-0.15, -0.1) is 0 Å². The maximum atomic E-state index is 11.6. The number of hydrogen-bond acceptors (Lipinski definition) is 4. The first-order chi connectivity index (χ1) is 6.95. The number of rotatable bonds is 0. The zero-order valence-corrected chi connectivity index (χ0v) is 8.37. The minimum Gasteiger partial charge on any atom is -0.505 e. The van der Waals surface area contributed by atoms with E-state index in [1.165, 1.54) is 13.1 Å². The van der Waals surface area contributed by atoms with E-state index in [0.29, 0.717) is 5.56 Å². The Morgan fingerprint density at radius 2 is 1.93 bits per heavy atom. The van der Waals surface area contributed by atoms with E-state index >= 15 is 0 Å². The van der Waals surface area contributed by atoms with E-state index in [-0.39, 0.29) is 22.6 Å². The molecule has 3 N–H and O–H groups in total. The van der Waals surface area contributed by atoms with E-state index in [0.717, 1.165) is 4.90 Å². The fourth-order valence-electron chi connectivity index (χ4n) is 1.64. The lowest BCUT2D eigenvalue weighted by Crippen LogP contribution is -2.24. The Morgan fingerprint density at radius 3 is 2.53 bits per heavy atom. The molecular weight excluding hydrogens is 196 g/mol. The quantitative estimate of drug-likeness (QED) is 0.368. The Balaban J connectivity index is 2.81. The summed E-state index contributed by atoms with van der Waals surface area (Å²) in [5, 5.41) is 9.68. The van der Waals surface area contributed by atoms with Crippen LogP contribution in [0.4, 0.5) is 5.69 Å². The number of phenols is 1. The number of phenolic OH excluding ortho intramolecular Hbond substituents is 1. The summed E-state index contributed by atoms with van der Waals surface area (Å²) in [6.45, 7) is 1.67. The summed E-state index contributed by atoms with van der Waals surface area (Å²) in [6, 6.07) is 1.52. The Bertz CT molecular complexity index is 494. The van der Waals surface area contributed by atoms with E-state index in [1.807, 2.05) is 0 Å². The number of carbonyl (C=O) groups excluding carboxylic acids is 2. The molecule has 5 nitrogen and oxygen atoms in total. The number of nitrogen functional groups attached to an aromatic ring is 1. The monoisotopic (exact) mass is 206 g/mol. The molecule has 0 atom stereocenters. The van der Waals surface area contributed by atoms with Gasteiger partial charge in [-0.2, -0.15) is 0 Å². The molecule has 1 aromatic carbocycles. The molecule has 15 heavy (non-hydrogen) atoms. The molecule has 0 fully saturated rings. The molecule has 2 amide bonds. The lowest BCUT2D eigenvalue weighted by molar-refractivity contribution is 0.0692. The smallest absolute Gasteiger partial charge is 0.265 e. The molecule has 0 spiro atoms. The van der Waals surface area contributed by atoms with Gasteiger partial charge in [0, 0.05) is 7.05 Å². The first-order valence-electron chi connectivity index (χ1n) is 4.39. The van der Waals surface area contributed by atoms with Crippen LogP contribution in [0, 0.1) is 6.92 Å².